The molecule has 2 saturated heterocycles. The summed E-state index contributed by atoms with van der Waals surface area (Å²) >= 11 is 0. The Morgan fingerprint density at radius 2 is 1.32 bits per heavy atom. The maximum absolute atomic E-state index is 13.0. The van der Waals surface area contributed by atoms with Crippen molar-refractivity contribution >= 4 is 66.7 Å². The Balaban J connectivity index is 1.74. The first kappa shape index (κ1) is 35.7. The number of aliphatic carboxylic acids is 1. The van der Waals surface area contributed by atoms with Crippen LogP contribution in [0.2, 0.25) is 0 Å². The largest absolute Gasteiger partial charge is 0.480 e. The van der Waals surface area contributed by atoms with Gasteiger partial charge in [-0.2, -0.15) is 0 Å². The minimum absolute atomic E-state index is 0.0415. The van der Waals surface area contributed by atoms with E-state index in [4.69, 9.17) is 0 Å². The third-order valence-electron chi connectivity index (χ3n) is 7.67. The van der Waals surface area contributed by atoms with E-state index in [0.717, 1.165) is 49.5 Å². The van der Waals surface area contributed by atoms with Crippen LogP contribution in [0.25, 0.3) is 0 Å². The van der Waals surface area contributed by atoms with Gasteiger partial charge in [0.05, 0.1) is 6.04 Å². The zero-order chi connectivity index (χ0) is 29.7. The fourth-order valence-electron chi connectivity index (χ4n) is 5.24. The van der Waals surface area contributed by atoms with E-state index < -0.39 is 12.0 Å². The van der Waals surface area contributed by atoms with Gasteiger partial charge in [0.2, 0.25) is 11.8 Å². The number of carbonyl (C=O) groups is 4. The lowest BCUT2D eigenvalue weighted by Crippen LogP contribution is -2.43. The van der Waals surface area contributed by atoms with Gasteiger partial charge in [0.1, 0.15) is 6.04 Å². The van der Waals surface area contributed by atoms with E-state index in [9.17, 15) is 24.3 Å². The predicted molar refractivity (Wildman–Crippen MR) is 173 cm³/mol. The zero-order valence-electron chi connectivity index (χ0n) is 25.0. The average Bonchev–Trinajstić information content (AvgIpc) is 3.59. The second-order valence-electron chi connectivity index (χ2n) is 11.7. The zero-order valence-corrected chi connectivity index (χ0v) is 28.2. The van der Waals surface area contributed by atoms with Crippen molar-refractivity contribution in [2.75, 3.05) is 30.3 Å². The monoisotopic (exact) mass is 634 g/mol. The van der Waals surface area contributed by atoms with Crippen LogP contribution in [0.4, 0.5) is 0 Å². The van der Waals surface area contributed by atoms with E-state index in [1.54, 1.807) is 49.1 Å². The van der Waals surface area contributed by atoms with E-state index in [2.05, 4.69) is 13.8 Å². The number of Topliss-reactive ketones (excluding diaryl/α,β-unsaturated/α-hetero) is 1. The number of carboxylic acids is 1. The molecule has 5 atom stereocenters. The number of unbranched alkanes of at least 4 members (excludes halogenated alkanes) is 1. The molecule has 2 aliphatic rings. The molecule has 0 aliphatic carbocycles. The van der Waals surface area contributed by atoms with Crippen LogP contribution in [0, 0.1) is 17.8 Å². The van der Waals surface area contributed by atoms with Gasteiger partial charge in [-0.3, -0.25) is 14.4 Å². The summed E-state index contributed by atoms with van der Waals surface area (Å²) in [5.74, 6) is 2.14. The van der Waals surface area contributed by atoms with Gasteiger partial charge in [0.25, 0.3) is 0 Å². The molecule has 230 valence electrons. The highest BCUT2D eigenvalue weighted by molar-refractivity contribution is 8.77. The summed E-state index contributed by atoms with van der Waals surface area (Å²) in [6, 6.07) is -0.898. The number of rotatable bonds is 19. The van der Waals surface area contributed by atoms with Crippen molar-refractivity contribution in [3.8, 4) is 0 Å². The lowest BCUT2D eigenvalue weighted by Gasteiger charge is -2.26. The van der Waals surface area contributed by atoms with Crippen molar-refractivity contribution in [2.45, 2.75) is 110 Å². The SMILES string of the molecule is CC(=O)[C@@H]1CCCN1C(=O)[C@@H](C)CSS[C@H](CCCCC(C)C)CCSSC[C@H](C)C(=O)N1CCC[C@H]1C(=O)O. The number of hydrogen-bond donors (Lipinski definition) is 1. The third kappa shape index (κ3) is 12.0. The number of carboxylic acid groups (broad SMARTS) is 1. The molecular formula is C29H50N2O5S4. The minimum atomic E-state index is -0.898. The molecule has 0 aromatic heterocycles. The van der Waals surface area contributed by atoms with Crippen LogP contribution in [0.5, 0.6) is 0 Å². The quantitative estimate of drug-likeness (QED) is 0.124. The molecule has 40 heavy (non-hydrogen) atoms. The summed E-state index contributed by atoms with van der Waals surface area (Å²) in [6.45, 7) is 11.3. The molecule has 0 bridgehead atoms. The fraction of sp³-hybridized carbons (Fsp3) is 0.862. The molecule has 0 aromatic carbocycles. The van der Waals surface area contributed by atoms with E-state index >= 15 is 0 Å². The highest BCUT2D eigenvalue weighted by Gasteiger charge is 2.36. The molecule has 2 aliphatic heterocycles. The Labute approximate surface area is 257 Å². The van der Waals surface area contributed by atoms with E-state index in [1.807, 2.05) is 24.6 Å². The molecule has 2 rings (SSSR count). The minimum Gasteiger partial charge on any atom is -0.480 e. The lowest BCUT2D eigenvalue weighted by atomic mass is 10.0. The molecule has 0 unspecified atom stereocenters. The number of hydrogen-bond acceptors (Lipinski definition) is 8. The van der Waals surface area contributed by atoms with E-state index in [0.29, 0.717) is 30.5 Å². The molecule has 11 heteroatoms. The van der Waals surface area contributed by atoms with Gasteiger partial charge >= 0.3 is 5.97 Å². The Morgan fingerprint density at radius 3 is 1.90 bits per heavy atom. The van der Waals surface area contributed by atoms with Gasteiger partial charge in [-0.05, 0) is 51.4 Å². The molecular weight excluding hydrogens is 585 g/mol. The Morgan fingerprint density at radius 1 is 0.775 bits per heavy atom. The molecule has 1 N–H and O–H groups in total. The highest BCUT2D eigenvalue weighted by Crippen LogP contribution is 2.36. The molecule has 2 amide bonds. The molecule has 2 fully saturated rings. The molecule has 0 saturated carbocycles. The summed E-state index contributed by atoms with van der Waals surface area (Å²) in [6.07, 6.45) is 8.95. The van der Waals surface area contributed by atoms with Crippen LogP contribution in [-0.2, 0) is 19.2 Å². The standard InChI is InChI=1S/C29H50N2O5S4/c1-20(2)10-6-7-11-24(40-39-19-22(4)27(33)30-15-8-12-25(30)23(5)32)14-17-37-38-18-21(3)28(34)31-16-9-13-26(31)29(35)36/h20-22,24-26H,6-19H2,1-5H3,(H,35,36)/t21-,22-,24+,25-,26-/m0/s1. The van der Waals surface area contributed by atoms with Crippen molar-refractivity contribution in [1.82, 2.24) is 9.80 Å². The number of likely N-dealkylation sites (tertiary alicyclic amines) is 2. The van der Waals surface area contributed by atoms with Crippen LogP contribution in [0.3, 0.4) is 0 Å². The van der Waals surface area contributed by atoms with Crippen molar-refractivity contribution in [3.05, 3.63) is 0 Å². The molecule has 2 heterocycles. The number of amides is 2. The van der Waals surface area contributed by atoms with Gasteiger partial charge in [0, 0.05) is 47.4 Å². The van der Waals surface area contributed by atoms with Gasteiger partial charge < -0.3 is 14.9 Å². The number of carbonyl (C=O) groups excluding carboxylic acids is 3. The predicted octanol–water partition coefficient (Wildman–Crippen LogP) is 6.65. The summed E-state index contributed by atoms with van der Waals surface area (Å²) in [5.41, 5.74) is 0. The van der Waals surface area contributed by atoms with Crippen molar-refractivity contribution < 1.29 is 24.3 Å². The molecule has 0 radical (unpaired) electrons. The molecule has 0 aromatic rings. The van der Waals surface area contributed by atoms with Crippen LogP contribution in [0.15, 0.2) is 0 Å². The van der Waals surface area contributed by atoms with Crippen molar-refractivity contribution in [3.63, 3.8) is 0 Å². The Kier molecular flexibility index (Phi) is 16.9. The van der Waals surface area contributed by atoms with Crippen molar-refractivity contribution in [2.24, 2.45) is 17.8 Å². The second kappa shape index (κ2) is 18.9. The highest BCUT2D eigenvalue weighted by atomic mass is 33.1. The summed E-state index contributed by atoms with van der Waals surface area (Å²) in [7, 11) is 7.20. The normalized spacial score (nSPS) is 21.6. The molecule has 0 spiro atoms. The Bertz CT molecular complexity index is 830. The van der Waals surface area contributed by atoms with Gasteiger partial charge in [-0.25, -0.2) is 4.79 Å². The smallest absolute Gasteiger partial charge is 0.326 e. The first-order valence-corrected chi connectivity index (χ1v) is 19.8. The molecule has 7 nitrogen and oxygen atoms in total. The van der Waals surface area contributed by atoms with Gasteiger partial charge in [0.15, 0.2) is 5.78 Å². The fourth-order valence-corrected chi connectivity index (χ4v) is 11.0. The summed E-state index contributed by atoms with van der Waals surface area (Å²) in [5, 5.41) is 9.90. The van der Waals surface area contributed by atoms with Gasteiger partial charge in [-0.15, -0.1) is 0 Å². The van der Waals surface area contributed by atoms with Crippen molar-refractivity contribution in [1.29, 1.82) is 0 Å². The maximum atomic E-state index is 13.0. The van der Waals surface area contributed by atoms with Crippen LogP contribution in [-0.4, -0.2) is 86.2 Å². The number of nitrogens with zero attached hydrogens (tertiary/aromatic N) is 2. The van der Waals surface area contributed by atoms with Crippen LogP contribution < -0.4 is 0 Å². The van der Waals surface area contributed by atoms with Crippen LogP contribution in [0.1, 0.15) is 92.4 Å². The number of ketones is 1. The topological polar surface area (TPSA) is 95.0 Å². The Hall–Kier alpha value is -0.520. The van der Waals surface area contributed by atoms with E-state index in [1.165, 1.54) is 19.3 Å². The lowest BCUT2D eigenvalue weighted by molar-refractivity contribution is -0.149. The van der Waals surface area contributed by atoms with E-state index in [-0.39, 0.29) is 35.5 Å². The van der Waals surface area contributed by atoms with Crippen LogP contribution >= 0.6 is 43.2 Å². The summed E-state index contributed by atoms with van der Waals surface area (Å²) in [4.78, 5) is 52.5. The third-order valence-corrected chi connectivity index (χ3v) is 13.4. The first-order chi connectivity index (χ1) is 19.0. The first-order valence-electron chi connectivity index (χ1n) is 14.9. The summed E-state index contributed by atoms with van der Waals surface area (Å²) < 4.78 is 0. The maximum Gasteiger partial charge on any atom is 0.326 e. The average molecular weight is 635 g/mol. The second-order valence-corrected chi connectivity index (χ2v) is 17.0. The van der Waals surface area contributed by atoms with Gasteiger partial charge in [-0.1, -0.05) is 90.1 Å².